The van der Waals surface area contributed by atoms with E-state index in [-0.39, 0.29) is 5.91 Å². The fraction of sp³-hybridized carbons (Fsp3) is 0.611. The largest absolute Gasteiger partial charge is 0.337 e. The third kappa shape index (κ3) is 3.31. The molecule has 0 radical (unpaired) electrons. The molecular formula is C18H25N3OS2. The summed E-state index contributed by atoms with van der Waals surface area (Å²) in [7, 11) is 0. The molecule has 4 nitrogen and oxygen atoms in total. The second-order valence-corrected chi connectivity index (χ2v) is 8.93. The predicted octanol–water partition coefficient (Wildman–Crippen LogP) is 4.50. The van der Waals surface area contributed by atoms with E-state index in [0.29, 0.717) is 17.8 Å². The predicted molar refractivity (Wildman–Crippen MR) is 102 cm³/mol. The first-order chi connectivity index (χ1) is 11.4. The molecule has 3 heterocycles. The van der Waals surface area contributed by atoms with Crippen LogP contribution in [0.3, 0.4) is 0 Å². The van der Waals surface area contributed by atoms with E-state index in [1.165, 1.54) is 16.9 Å². The number of hydrogen-bond donors (Lipinski definition) is 0. The minimum absolute atomic E-state index is 0.230. The molecule has 2 atom stereocenters. The normalized spacial score (nSPS) is 21.5. The molecule has 6 heteroatoms. The fourth-order valence-electron chi connectivity index (χ4n) is 3.54. The monoisotopic (exact) mass is 363 g/mol. The van der Waals surface area contributed by atoms with E-state index in [1.807, 2.05) is 6.92 Å². The van der Waals surface area contributed by atoms with Crippen molar-refractivity contribution in [3.05, 3.63) is 16.3 Å². The lowest BCUT2D eigenvalue weighted by molar-refractivity contribution is -0.134. The molecular weight excluding hydrogens is 338 g/mol. The first kappa shape index (κ1) is 17.7. The van der Waals surface area contributed by atoms with Gasteiger partial charge in [0.15, 0.2) is 0 Å². The summed E-state index contributed by atoms with van der Waals surface area (Å²) < 4.78 is 0. The van der Waals surface area contributed by atoms with E-state index >= 15 is 0 Å². The van der Waals surface area contributed by atoms with Crippen molar-refractivity contribution in [1.29, 1.82) is 0 Å². The quantitative estimate of drug-likeness (QED) is 0.595. The van der Waals surface area contributed by atoms with Crippen molar-refractivity contribution >= 4 is 39.2 Å². The molecule has 0 unspecified atom stereocenters. The number of aryl methyl sites for hydroxylation is 3. The fourth-order valence-corrected chi connectivity index (χ4v) is 5.68. The lowest BCUT2D eigenvalue weighted by Crippen LogP contribution is -2.48. The molecule has 2 aromatic rings. The molecule has 1 fully saturated rings. The number of fused-ring (bicyclic) bond motifs is 1. The molecule has 24 heavy (non-hydrogen) atoms. The second kappa shape index (κ2) is 7.00. The molecule has 0 aliphatic carbocycles. The lowest BCUT2D eigenvalue weighted by atomic mass is 9.98. The van der Waals surface area contributed by atoms with Gasteiger partial charge in [-0.05, 0) is 59.4 Å². The number of thiophene rings is 1. The molecule has 0 aromatic carbocycles. The van der Waals surface area contributed by atoms with E-state index in [0.717, 1.165) is 33.9 Å². The van der Waals surface area contributed by atoms with E-state index < -0.39 is 0 Å². The van der Waals surface area contributed by atoms with Crippen LogP contribution in [0, 0.1) is 20.8 Å². The van der Waals surface area contributed by atoms with Crippen molar-refractivity contribution in [2.45, 2.75) is 71.0 Å². The van der Waals surface area contributed by atoms with Crippen LogP contribution in [-0.2, 0) is 4.79 Å². The molecule has 1 aliphatic heterocycles. The van der Waals surface area contributed by atoms with Crippen LogP contribution in [0.15, 0.2) is 5.03 Å². The summed E-state index contributed by atoms with van der Waals surface area (Å²) in [5, 5.41) is 2.07. The number of thioether (sulfide) groups is 1. The van der Waals surface area contributed by atoms with Crippen LogP contribution in [0.5, 0.6) is 0 Å². The molecule has 0 N–H and O–H groups in total. The van der Waals surface area contributed by atoms with Gasteiger partial charge in [0, 0.05) is 22.3 Å². The Hall–Kier alpha value is -1.14. The van der Waals surface area contributed by atoms with Crippen molar-refractivity contribution in [2.75, 3.05) is 5.75 Å². The number of piperidine rings is 1. The van der Waals surface area contributed by atoms with Crippen molar-refractivity contribution in [2.24, 2.45) is 0 Å². The minimum Gasteiger partial charge on any atom is -0.337 e. The Balaban J connectivity index is 1.81. The number of likely N-dealkylation sites (tertiary alicyclic amines) is 1. The standard InChI is InChI=1S/C18H25N3OS2/c1-10-7-6-8-11(2)21(10)15(22)9-23-17-16-12(3)13(4)24-18(16)20-14(5)19-17/h10-11H,6-9H2,1-5H3/t10-,11-/m0/s1. The highest BCUT2D eigenvalue weighted by Crippen LogP contribution is 2.35. The number of carbonyl (C=O) groups is 1. The lowest BCUT2D eigenvalue weighted by Gasteiger charge is -2.39. The van der Waals surface area contributed by atoms with Crippen molar-refractivity contribution in [3.8, 4) is 0 Å². The van der Waals surface area contributed by atoms with Crippen molar-refractivity contribution in [3.63, 3.8) is 0 Å². The van der Waals surface area contributed by atoms with Gasteiger partial charge in [0.05, 0.1) is 5.75 Å². The highest BCUT2D eigenvalue weighted by atomic mass is 32.2. The topological polar surface area (TPSA) is 46.1 Å². The van der Waals surface area contributed by atoms with Crippen LogP contribution in [0.4, 0.5) is 0 Å². The first-order valence-corrected chi connectivity index (χ1v) is 10.4. The van der Waals surface area contributed by atoms with Crippen molar-refractivity contribution < 1.29 is 4.79 Å². The van der Waals surface area contributed by atoms with Gasteiger partial charge >= 0.3 is 0 Å². The zero-order chi connectivity index (χ0) is 17.4. The molecule has 1 amide bonds. The molecule has 0 bridgehead atoms. The molecule has 2 aromatic heterocycles. The Labute approximate surface area is 152 Å². The highest BCUT2D eigenvalue weighted by Gasteiger charge is 2.29. The van der Waals surface area contributed by atoms with Gasteiger partial charge in [-0.2, -0.15) is 0 Å². The number of rotatable bonds is 3. The van der Waals surface area contributed by atoms with E-state index in [9.17, 15) is 4.79 Å². The highest BCUT2D eigenvalue weighted by molar-refractivity contribution is 8.00. The van der Waals surface area contributed by atoms with Gasteiger partial charge in [-0.25, -0.2) is 9.97 Å². The minimum atomic E-state index is 0.230. The Bertz CT molecular complexity index is 761. The molecule has 3 rings (SSSR count). The molecule has 0 spiro atoms. The summed E-state index contributed by atoms with van der Waals surface area (Å²) in [6.07, 6.45) is 3.44. The summed E-state index contributed by atoms with van der Waals surface area (Å²) >= 11 is 3.27. The molecule has 1 saturated heterocycles. The zero-order valence-corrected chi connectivity index (χ0v) is 16.7. The Morgan fingerprint density at radius 2 is 1.88 bits per heavy atom. The Kier molecular flexibility index (Phi) is 5.16. The zero-order valence-electron chi connectivity index (χ0n) is 15.0. The maximum absolute atomic E-state index is 12.8. The average Bonchev–Trinajstić information content (AvgIpc) is 2.79. The van der Waals surface area contributed by atoms with Crippen LogP contribution in [-0.4, -0.2) is 38.6 Å². The van der Waals surface area contributed by atoms with Crippen LogP contribution in [0.2, 0.25) is 0 Å². The summed E-state index contributed by atoms with van der Waals surface area (Å²) in [6, 6.07) is 0.693. The molecule has 1 aliphatic rings. The first-order valence-electron chi connectivity index (χ1n) is 8.56. The van der Waals surface area contributed by atoms with Gasteiger partial charge in [0.1, 0.15) is 15.7 Å². The smallest absolute Gasteiger partial charge is 0.233 e. The third-order valence-electron chi connectivity index (χ3n) is 4.92. The summed E-state index contributed by atoms with van der Waals surface area (Å²) in [4.78, 5) is 26.3. The van der Waals surface area contributed by atoms with Gasteiger partial charge in [-0.15, -0.1) is 11.3 Å². The third-order valence-corrected chi connectivity index (χ3v) is 6.98. The summed E-state index contributed by atoms with van der Waals surface area (Å²) in [5.74, 6) is 1.46. The average molecular weight is 364 g/mol. The van der Waals surface area contributed by atoms with Gasteiger partial charge in [0.25, 0.3) is 0 Å². The number of amides is 1. The Morgan fingerprint density at radius 1 is 1.21 bits per heavy atom. The van der Waals surface area contributed by atoms with Crippen LogP contribution in [0.25, 0.3) is 10.2 Å². The van der Waals surface area contributed by atoms with E-state index in [4.69, 9.17) is 0 Å². The molecule has 130 valence electrons. The SMILES string of the molecule is Cc1nc(SCC(=O)N2[C@@H](C)CCC[C@@H]2C)c2c(C)c(C)sc2n1. The van der Waals surface area contributed by atoms with Gasteiger partial charge in [-0.1, -0.05) is 11.8 Å². The number of aromatic nitrogens is 2. The van der Waals surface area contributed by atoms with E-state index in [2.05, 4.69) is 42.6 Å². The van der Waals surface area contributed by atoms with Crippen LogP contribution >= 0.6 is 23.1 Å². The molecule has 0 saturated carbocycles. The maximum Gasteiger partial charge on any atom is 0.233 e. The second-order valence-electron chi connectivity index (χ2n) is 6.76. The number of hydrogen-bond acceptors (Lipinski definition) is 5. The van der Waals surface area contributed by atoms with Crippen molar-refractivity contribution in [1.82, 2.24) is 14.9 Å². The summed E-state index contributed by atoms with van der Waals surface area (Å²) in [5.41, 5.74) is 1.24. The number of nitrogens with zero attached hydrogens (tertiary/aromatic N) is 3. The maximum atomic E-state index is 12.8. The van der Waals surface area contributed by atoms with Crippen LogP contribution < -0.4 is 0 Å². The van der Waals surface area contributed by atoms with Gasteiger partial charge in [-0.3, -0.25) is 4.79 Å². The van der Waals surface area contributed by atoms with Crippen LogP contribution in [0.1, 0.15) is 49.4 Å². The number of carbonyl (C=O) groups excluding carboxylic acids is 1. The van der Waals surface area contributed by atoms with Gasteiger partial charge in [0.2, 0.25) is 5.91 Å². The van der Waals surface area contributed by atoms with E-state index in [1.54, 1.807) is 23.1 Å². The summed E-state index contributed by atoms with van der Waals surface area (Å²) in [6.45, 7) is 10.5. The Morgan fingerprint density at radius 3 is 2.54 bits per heavy atom. The van der Waals surface area contributed by atoms with Gasteiger partial charge < -0.3 is 4.90 Å².